The van der Waals surface area contributed by atoms with Crippen LogP contribution < -0.4 is 4.74 Å². The zero-order valence-electron chi connectivity index (χ0n) is 12.2. The van der Waals surface area contributed by atoms with Crippen molar-refractivity contribution in [3.05, 3.63) is 65.2 Å². The van der Waals surface area contributed by atoms with Crippen molar-refractivity contribution in [2.24, 2.45) is 0 Å². The zero-order chi connectivity index (χ0) is 14.4. The first-order valence-corrected chi connectivity index (χ1v) is 7.12. The van der Waals surface area contributed by atoms with E-state index < -0.39 is 6.10 Å². The van der Waals surface area contributed by atoms with Gasteiger partial charge in [-0.2, -0.15) is 0 Å². The Hall–Kier alpha value is -1.80. The molecule has 0 amide bonds. The van der Waals surface area contributed by atoms with Crippen molar-refractivity contribution in [2.75, 3.05) is 7.11 Å². The fraction of sp³-hybridized carbons (Fsp3) is 0.333. The summed E-state index contributed by atoms with van der Waals surface area (Å²) in [7, 11) is 1.67. The highest BCUT2D eigenvalue weighted by molar-refractivity contribution is 5.28. The van der Waals surface area contributed by atoms with Crippen LogP contribution in [0.15, 0.2) is 48.5 Å². The van der Waals surface area contributed by atoms with Crippen LogP contribution in [-0.2, 0) is 12.8 Å². The molecule has 0 bridgehead atoms. The zero-order valence-corrected chi connectivity index (χ0v) is 12.2. The molecule has 1 unspecified atom stereocenters. The molecule has 2 aromatic carbocycles. The molecular weight excluding hydrogens is 248 g/mol. The van der Waals surface area contributed by atoms with E-state index in [9.17, 15) is 5.11 Å². The Labute approximate surface area is 121 Å². The number of aliphatic hydroxyl groups excluding tert-OH is 1. The minimum Gasteiger partial charge on any atom is -0.497 e. The van der Waals surface area contributed by atoms with Gasteiger partial charge in [0, 0.05) is 0 Å². The second-order valence-corrected chi connectivity index (χ2v) is 5.00. The predicted octanol–water partition coefficient (Wildman–Crippen LogP) is 3.92. The van der Waals surface area contributed by atoms with Gasteiger partial charge in [0.2, 0.25) is 0 Å². The Bertz CT molecular complexity index is 531. The van der Waals surface area contributed by atoms with Crippen molar-refractivity contribution in [2.45, 2.75) is 32.3 Å². The van der Waals surface area contributed by atoms with E-state index in [0.29, 0.717) is 0 Å². The molecule has 20 heavy (non-hydrogen) atoms. The number of hydrogen-bond acceptors (Lipinski definition) is 2. The van der Waals surface area contributed by atoms with Gasteiger partial charge in [0.15, 0.2) is 0 Å². The van der Waals surface area contributed by atoms with Crippen LogP contribution in [0.1, 0.15) is 36.1 Å². The summed E-state index contributed by atoms with van der Waals surface area (Å²) in [5.41, 5.74) is 3.50. The molecule has 0 radical (unpaired) electrons. The van der Waals surface area contributed by atoms with E-state index in [4.69, 9.17) is 4.74 Å². The first kappa shape index (κ1) is 14.6. The summed E-state index contributed by atoms with van der Waals surface area (Å²) in [5, 5.41) is 10.3. The van der Waals surface area contributed by atoms with Crippen LogP contribution in [0.4, 0.5) is 0 Å². The lowest BCUT2D eigenvalue weighted by Crippen LogP contribution is -2.00. The average Bonchev–Trinajstić information content (AvgIpc) is 2.53. The van der Waals surface area contributed by atoms with Gasteiger partial charge in [-0.1, -0.05) is 43.3 Å². The van der Waals surface area contributed by atoms with Crippen molar-refractivity contribution in [3.8, 4) is 5.75 Å². The fourth-order valence-corrected chi connectivity index (χ4v) is 2.28. The Balaban J connectivity index is 1.95. The Morgan fingerprint density at radius 1 is 1.05 bits per heavy atom. The van der Waals surface area contributed by atoms with Gasteiger partial charge in [-0.05, 0) is 48.1 Å². The van der Waals surface area contributed by atoms with Gasteiger partial charge in [0.05, 0.1) is 13.2 Å². The highest BCUT2D eigenvalue weighted by Crippen LogP contribution is 2.21. The van der Waals surface area contributed by atoms with Gasteiger partial charge in [-0.15, -0.1) is 0 Å². The Morgan fingerprint density at radius 2 is 1.80 bits per heavy atom. The lowest BCUT2D eigenvalue weighted by Gasteiger charge is -2.12. The normalized spacial score (nSPS) is 12.2. The van der Waals surface area contributed by atoms with Gasteiger partial charge in [0.25, 0.3) is 0 Å². The summed E-state index contributed by atoms with van der Waals surface area (Å²) in [5.74, 6) is 0.866. The first-order chi connectivity index (χ1) is 9.72. The minimum atomic E-state index is -0.399. The third-order valence-corrected chi connectivity index (χ3v) is 3.61. The van der Waals surface area contributed by atoms with Gasteiger partial charge in [-0.3, -0.25) is 0 Å². The molecule has 0 aliphatic heterocycles. The van der Waals surface area contributed by atoms with Crippen LogP contribution in [0.25, 0.3) is 0 Å². The summed E-state index contributed by atoms with van der Waals surface area (Å²) in [6.45, 7) is 2.13. The van der Waals surface area contributed by atoms with Crippen LogP contribution in [0, 0.1) is 0 Å². The standard InChI is InChI=1S/C18H22O2/c1-3-14-5-4-6-16(13-14)18(19)12-9-15-7-10-17(20-2)11-8-15/h4-8,10-11,13,18-19H,3,9,12H2,1-2H3. The summed E-state index contributed by atoms with van der Waals surface area (Å²) < 4.78 is 5.14. The maximum atomic E-state index is 10.3. The van der Waals surface area contributed by atoms with Crippen LogP contribution in [0.3, 0.4) is 0 Å². The van der Waals surface area contributed by atoms with E-state index in [1.165, 1.54) is 11.1 Å². The van der Waals surface area contributed by atoms with E-state index in [0.717, 1.165) is 30.6 Å². The second kappa shape index (κ2) is 7.11. The lowest BCUT2D eigenvalue weighted by atomic mass is 9.99. The largest absolute Gasteiger partial charge is 0.497 e. The molecule has 2 aromatic rings. The molecule has 106 valence electrons. The summed E-state index contributed by atoms with van der Waals surface area (Å²) in [6.07, 6.45) is 2.20. The molecule has 0 heterocycles. The fourth-order valence-electron chi connectivity index (χ4n) is 2.28. The molecule has 0 saturated heterocycles. The van der Waals surface area contributed by atoms with Crippen molar-refractivity contribution in [1.29, 1.82) is 0 Å². The maximum absolute atomic E-state index is 10.3. The molecule has 0 aromatic heterocycles. The topological polar surface area (TPSA) is 29.5 Å². The smallest absolute Gasteiger partial charge is 0.118 e. The van der Waals surface area contributed by atoms with Gasteiger partial charge < -0.3 is 9.84 Å². The predicted molar refractivity (Wildman–Crippen MR) is 82.1 cm³/mol. The Morgan fingerprint density at radius 3 is 2.45 bits per heavy atom. The van der Waals surface area contributed by atoms with E-state index in [1.54, 1.807) is 7.11 Å². The molecule has 0 spiro atoms. The van der Waals surface area contributed by atoms with Crippen LogP contribution in [0.5, 0.6) is 5.75 Å². The van der Waals surface area contributed by atoms with Gasteiger partial charge in [-0.25, -0.2) is 0 Å². The molecule has 1 atom stereocenters. The number of aryl methyl sites for hydroxylation is 2. The van der Waals surface area contributed by atoms with E-state index in [2.05, 4.69) is 19.1 Å². The van der Waals surface area contributed by atoms with E-state index in [1.807, 2.05) is 36.4 Å². The molecule has 1 N–H and O–H groups in total. The SMILES string of the molecule is CCc1cccc(C(O)CCc2ccc(OC)cc2)c1. The molecule has 2 heteroatoms. The third kappa shape index (κ3) is 3.84. The number of ether oxygens (including phenoxy) is 1. The Kier molecular flexibility index (Phi) is 5.19. The number of benzene rings is 2. The molecular formula is C18H22O2. The van der Waals surface area contributed by atoms with Crippen LogP contribution in [0.2, 0.25) is 0 Å². The van der Waals surface area contributed by atoms with Gasteiger partial charge in [0.1, 0.15) is 5.75 Å². The summed E-state index contributed by atoms with van der Waals surface area (Å²) in [4.78, 5) is 0. The van der Waals surface area contributed by atoms with E-state index in [-0.39, 0.29) is 0 Å². The maximum Gasteiger partial charge on any atom is 0.118 e. The van der Waals surface area contributed by atoms with Crippen LogP contribution in [-0.4, -0.2) is 12.2 Å². The second-order valence-electron chi connectivity index (χ2n) is 5.00. The minimum absolute atomic E-state index is 0.399. The lowest BCUT2D eigenvalue weighted by molar-refractivity contribution is 0.168. The van der Waals surface area contributed by atoms with E-state index >= 15 is 0 Å². The highest BCUT2D eigenvalue weighted by Gasteiger charge is 2.08. The molecule has 0 aliphatic rings. The summed E-state index contributed by atoms with van der Waals surface area (Å²) >= 11 is 0. The van der Waals surface area contributed by atoms with Crippen molar-refractivity contribution in [1.82, 2.24) is 0 Å². The average molecular weight is 270 g/mol. The number of hydrogen-bond donors (Lipinski definition) is 1. The van der Waals surface area contributed by atoms with Crippen molar-refractivity contribution < 1.29 is 9.84 Å². The van der Waals surface area contributed by atoms with Crippen molar-refractivity contribution in [3.63, 3.8) is 0 Å². The molecule has 2 nitrogen and oxygen atoms in total. The molecule has 2 rings (SSSR count). The summed E-state index contributed by atoms with van der Waals surface area (Å²) in [6, 6.07) is 16.2. The third-order valence-electron chi connectivity index (χ3n) is 3.61. The highest BCUT2D eigenvalue weighted by atomic mass is 16.5. The number of methoxy groups -OCH3 is 1. The van der Waals surface area contributed by atoms with Gasteiger partial charge >= 0.3 is 0 Å². The molecule has 0 fully saturated rings. The monoisotopic (exact) mass is 270 g/mol. The molecule has 0 aliphatic carbocycles. The molecule has 0 saturated carbocycles. The number of aliphatic hydroxyl groups is 1. The quantitative estimate of drug-likeness (QED) is 0.862. The first-order valence-electron chi connectivity index (χ1n) is 7.12. The van der Waals surface area contributed by atoms with Crippen LogP contribution >= 0.6 is 0 Å². The number of rotatable bonds is 6. The van der Waals surface area contributed by atoms with Crippen molar-refractivity contribution >= 4 is 0 Å².